The van der Waals surface area contributed by atoms with E-state index in [1.54, 1.807) is 14.0 Å². The summed E-state index contributed by atoms with van der Waals surface area (Å²) in [7, 11) is 1.76. The van der Waals surface area contributed by atoms with Gasteiger partial charge in [0.25, 0.3) is 0 Å². The summed E-state index contributed by atoms with van der Waals surface area (Å²) >= 11 is 0. The zero-order chi connectivity index (χ0) is 11.9. The van der Waals surface area contributed by atoms with Crippen LogP contribution in [-0.4, -0.2) is 37.9 Å². The Hall–Kier alpha value is -0.610. The molecule has 90 valence electrons. The summed E-state index contributed by atoms with van der Waals surface area (Å²) in [5.41, 5.74) is -0.662. The van der Waals surface area contributed by atoms with Gasteiger partial charge in [-0.2, -0.15) is 0 Å². The topological polar surface area (TPSA) is 47.6 Å². The molecule has 0 heterocycles. The predicted octanol–water partition coefficient (Wildman–Crippen LogP) is 1.34. The van der Waals surface area contributed by atoms with Gasteiger partial charge in [-0.1, -0.05) is 0 Å². The van der Waals surface area contributed by atoms with E-state index in [0.717, 1.165) is 0 Å². The van der Waals surface area contributed by atoms with Gasteiger partial charge in [-0.25, -0.2) is 0 Å². The molecule has 0 aliphatic heterocycles. The number of carbonyl (C=O) groups is 1. The Labute approximate surface area is 92.3 Å². The molecule has 0 aromatic heterocycles. The van der Waals surface area contributed by atoms with Crippen LogP contribution in [0.1, 0.15) is 34.1 Å². The Kier molecular flexibility index (Phi) is 6.52. The summed E-state index contributed by atoms with van der Waals surface area (Å²) in [6.45, 7) is 8.60. The number of likely N-dealkylation sites (N-methyl/N-ethyl adjacent to an activating group) is 1. The van der Waals surface area contributed by atoms with Crippen LogP contribution in [0.15, 0.2) is 0 Å². The quantitative estimate of drug-likeness (QED) is 0.654. The first-order valence-corrected chi connectivity index (χ1v) is 5.47. The van der Waals surface area contributed by atoms with E-state index >= 15 is 0 Å². The number of esters is 1. The third kappa shape index (κ3) is 4.62. The van der Waals surface area contributed by atoms with Gasteiger partial charge in [0.15, 0.2) is 0 Å². The first kappa shape index (κ1) is 14.4. The lowest BCUT2D eigenvalue weighted by Gasteiger charge is -2.29. The second kappa shape index (κ2) is 6.80. The largest absolute Gasteiger partial charge is 0.465 e. The van der Waals surface area contributed by atoms with Crippen molar-refractivity contribution in [2.75, 3.05) is 20.3 Å². The van der Waals surface area contributed by atoms with Gasteiger partial charge in [0.05, 0.1) is 12.7 Å². The maximum absolute atomic E-state index is 11.7. The molecule has 0 aromatic carbocycles. The summed E-state index contributed by atoms with van der Waals surface area (Å²) in [4.78, 5) is 11.7. The molecular weight excluding hydrogens is 194 g/mol. The minimum atomic E-state index is -0.662. The highest BCUT2D eigenvalue weighted by Gasteiger charge is 2.34. The molecule has 0 amide bonds. The van der Waals surface area contributed by atoms with Crippen LogP contribution < -0.4 is 5.32 Å². The maximum Gasteiger partial charge on any atom is 0.326 e. The molecule has 4 nitrogen and oxygen atoms in total. The molecule has 0 aliphatic rings. The lowest BCUT2D eigenvalue weighted by Crippen LogP contribution is -2.50. The van der Waals surface area contributed by atoms with Crippen molar-refractivity contribution < 1.29 is 14.3 Å². The Morgan fingerprint density at radius 1 is 1.40 bits per heavy atom. The molecule has 0 rings (SSSR count). The second-order valence-corrected chi connectivity index (χ2v) is 3.77. The van der Waals surface area contributed by atoms with Gasteiger partial charge in [0.1, 0.15) is 5.54 Å². The maximum atomic E-state index is 11.7. The van der Waals surface area contributed by atoms with Gasteiger partial charge in [-0.3, -0.25) is 4.79 Å². The van der Waals surface area contributed by atoms with Crippen molar-refractivity contribution in [3.63, 3.8) is 0 Å². The van der Waals surface area contributed by atoms with E-state index in [1.165, 1.54) is 0 Å². The molecule has 0 radical (unpaired) electrons. The van der Waals surface area contributed by atoms with Crippen LogP contribution in [0.25, 0.3) is 0 Å². The number of rotatable bonds is 7. The average molecular weight is 217 g/mol. The Bertz CT molecular complexity index is 196. The van der Waals surface area contributed by atoms with E-state index < -0.39 is 5.54 Å². The molecular formula is C11H23NO3. The van der Waals surface area contributed by atoms with E-state index in [1.807, 2.05) is 20.8 Å². The monoisotopic (exact) mass is 217 g/mol. The van der Waals surface area contributed by atoms with Crippen molar-refractivity contribution in [1.29, 1.82) is 0 Å². The minimum Gasteiger partial charge on any atom is -0.465 e. The van der Waals surface area contributed by atoms with Gasteiger partial charge in [-0.15, -0.1) is 0 Å². The number of hydrogen-bond donors (Lipinski definition) is 1. The van der Waals surface area contributed by atoms with E-state index in [9.17, 15) is 4.79 Å². The van der Waals surface area contributed by atoms with Gasteiger partial charge < -0.3 is 14.8 Å². The van der Waals surface area contributed by atoms with Crippen molar-refractivity contribution in [1.82, 2.24) is 5.32 Å². The highest BCUT2D eigenvalue weighted by Crippen LogP contribution is 2.16. The molecule has 1 N–H and O–H groups in total. The fourth-order valence-corrected chi connectivity index (χ4v) is 1.50. The zero-order valence-electron chi connectivity index (χ0n) is 10.4. The fourth-order valence-electron chi connectivity index (χ4n) is 1.50. The van der Waals surface area contributed by atoms with Crippen LogP contribution in [0.3, 0.4) is 0 Å². The molecule has 0 saturated carbocycles. The first-order chi connectivity index (χ1) is 7.00. The molecule has 0 spiro atoms. The van der Waals surface area contributed by atoms with E-state index in [0.29, 0.717) is 19.6 Å². The van der Waals surface area contributed by atoms with Crippen LogP contribution >= 0.6 is 0 Å². The SMILES string of the molecule is CCOC(=O)C(C)(CC(C)OCC)NC. The zero-order valence-corrected chi connectivity index (χ0v) is 10.4. The Morgan fingerprint density at radius 2 is 2.00 bits per heavy atom. The predicted molar refractivity (Wildman–Crippen MR) is 59.8 cm³/mol. The lowest BCUT2D eigenvalue weighted by atomic mass is 9.95. The van der Waals surface area contributed by atoms with E-state index in [-0.39, 0.29) is 12.1 Å². The highest BCUT2D eigenvalue weighted by molar-refractivity contribution is 5.80. The normalized spacial score (nSPS) is 16.9. The summed E-state index contributed by atoms with van der Waals surface area (Å²) < 4.78 is 10.4. The number of carbonyl (C=O) groups excluding carboxylic acids is 1. The van der Waals surface area contributed by atoms with Crippen LogP contribution in [0.2, 0.25) is 0 Å². The van der Waals surface area contributed by atoms with Gasteiger partial charge in [0.2, 0.25) is 0 Å². The van der Waals surface area contributed by atoms with Crippen molar-refractivity contribution >= 4 is 5.97 Å². The van der Waals surface area contributed by atoms with Crippen LogP contribution in [-0.2, 0) is 14.3 Å². The summed E-state index contributed by atoms with van der Waals surface area (Å²) in [5.74, 6) is -0.223. The molecule has 4 heteroatoms. The average Bonchev–Trinajstić information content (AvgIpc) is 2.18. The highest BCUT2D eigenvalue weighted by atomic mass is 16.5. The minimum absolute atomic E-state index is 0.0388. The van der Waals surface area contributed by atoms with Crippen LogP contribution in [0, 0.1) is 0 Å². The number of hydrogen-bond acceptors (Lipinski definition) is 4. The molecule has 0 bridgehead atoms. The standard InChI is InChI=1S/C11H23NO3/c1-6-14-9(3)8-11(4,12-5)10(13)15-7-2/h9,12H,6-8H2,1-5H3. The molecule has 0 aromatic rings. The molecule has 15 heavy (non-hydrogen) atoms. The van der Waals surface area contributed by atoms with Crippen LogP contribution in [0.4, 0.5) is 0 Å². The van der Waals surface area contributed by atoms with Crippen LogP contribution in [0.5, 0.6) is 0 Å². The summed E-state index contributed by atoms with van der Waals surface area (Å²) in [5, 5.41) is 3.00. The van der Waals surface area contributed by atoms with Gasteiger partial charge in [0, 0.05) is 13.0 Å². The van der Waals surface area contributed by atoms with Crippen molar-refractivity contribution in [2.45, 2.75) is 45.8 Å². The second-order valence-electron chi connectivity index (χ2n) is 3.77. The smallest absolute Gasteiger partial charge is 0.326 e. The van der Waals surface area contributed by atoms with Crippen molar-refractivity contribution in [3.05, 3.63) is 0 Å². The molecule has 0 aliphatic carbocycles. The summed E-state index contributed by atoms with van der Waals surface area (Å²) in [6.07, 6.45) is 0.646. The van der Waals surface area contributed by atoms with E-state index in [4.69, 9.17) is 9.47 Å². The molecule has 2 atom stereocenters. The van der Waals surface area contributed by atoms with Gasteiger partial charge in [-0.05, 0) is 34.7 Å². The molecule has 0 saturated heterocycles. The number of nitrogens with one attached hydrogen (secondary N) is 1. The third-order valence-corrected chi connectivity index (χ3v) is 2.42. The van der Waals surface area contributed by atoms with Crippen molar-refractivity contribution in [2.24, 2.45) is 0 Å². The summed E-state index contributed by atoms with van der Waals surface area (Å²) in [6, 6.07) is 0. The van der Waals surface area contributed by atoms with E-state index in [2.05, 4.69) is 5.32 Å². The first-order valence-electron chi connectivity index (χ1n) is 5.47. The fraction of sp³-hybridized carbons (Fsp3) is 0.909. The van der Waals surface area contributed by atoms with Gasteiger partial charge >= 0.3 is 5.97 Å². The number of ether oxygens (including phenoxy) is 2. The Morgan fingerprint density at radius 3 is 2.40 bits per heavy atom. The third-order valence-electron chi connectivity index (χ3n) is 2.42. The molecule has 0 fully saturated rings. The Balaban J connectivity index is 4.35. The lowest BCUT2D eigenvalue weighted by molar-refractivity contribution is -0.152. The van der Waals surface area contributed by atoms with Crippen molar-refractivity contribution in [3.8, 4) is 0 Å². The molecule has 2 unspecified atom stereocenters.